The summed E-state index contributed by atoms with van der Waals surface area (Å²) in [7, 11) is 0. The van der Waals surface area contributed by atoms with Crippen molar-refractivity contribution < 1.29 is 20.1 Å². The second-order valence-electron chi connectivity index (χ2n) is 8.13. The van der Waals surface area contributed by atoms with Gasteiger partial charge in [-0.2, -0.15) is 0 Å². The predicted octanol–water partition coefficient (Wildman–Crippen LogP) is 3.30. The van der Waals surface area contributed by atoms with Gasteiger partial charge in [0.15, 0.2) is 11.2 Å². The number of hydrogen-bond donors (Lipinski definition) is 1. The van der Waals surface area contributed by atoms with E-state index in [1.165, 1.54) is 0 Å². The molecular weight excluding hydrogens is 366 g/mol. The zero-order chi connectivity index (χ0) is 20.6. The summed E-state index contributed by atoms with van der Waals surface area (Å²) in [6.07, 6.45) is 4.86. The third-order valence-electron chi connectivity index (χ3n) is 5.66. The van der Waals surface area contributed by atoms with Crippen LogP contribution in [0.5, 0.6) is 0 Å². The van der Waals surface area contributed by atoms with E-state index in [1.54, 1.807) is 13.8 Å². The van der Waals surface area contributed by atoms with Gasteiger partial charge in [0, 0.05) is 5.92 Å². The van der Waals surface area contributed by atoms with E-state index in [0.717, 1.165) is 45.2 Å². The second kappa shape index (κ2) is 11.3. The molecule has 0 saturated heterocycles. The lowest BCUT2D eigenvalue weighted by Crippen LogP contribution is -2.47. The summed E-state index contributed by atoms with van der Waals surface area (Å²) in [5, 5.41) is 11.6. The summed E-state index contributed by atoms with van der Waals surface area (Å²) in [6, 6.07) is 9.22. The van der Waals surface area contributed by atoms with Crippen molar-refractivity contribution in [2.24, 2.45) is 5.92 Å². The Morgan fingerprint density at radius 1 is 1.14 bits per heavy atom. The Labute approximate surface area is 175 Å². The van der Waals surface area contributed by atoms with Crippen LogP contribution in [-0.4, -0.2) is 46.7 Å². The maximum absolute atomic E-state index is 13.2. The summed E-state index contributed by atoms with van der Waals surface area (Å²) in [5.41, 5.74) is -1.97. The first-order chi connectivity index (χ1) is 13.3. The Morgan fingerprint density at radius 2 is 1.72 bits per heavy atom. The van der Waals surface area contributed by atoms with Crippen molar-refractivity contribution in [3.8, 4) is 11.8 Å². The van der Waals surface area contributed by atoms with Crippen LogP contribution >= 0.6 is 0 Å². The number of esters is 1. The molecule has 1 atom stereocenters. The van der Waals surface area contributed by atoms with Crippen molar-refractivity contribution >= 4 is 5.97 Å². The van der Waals surface area contributed by atoms with Crippen LogP contribution in [0.4, 0.5) is 0 Å². The monoisotopic (exact) mass is 403 g/mol. The molecule has 2 rings (SSSR count). The lowest BCUT2D eigenvalue weighted by molar-refractivity contribution is -0.184. The highest BCUT2D eigenvalue weighted by Crippen LogP contribution is 2.41. The molecule has 0 heterocycles. The molecule has 1 aliphatic rings. The van der Waals surface area contributed by atoms with Gasteiger partial charge < -0.3 is 15.3 Å². The number of hydrogen-bond acceptors (Lipinski definition) is 4. The number of ether oxygens (including phenoxy) is 1. The van der Waals surface area contributed by atoms with Crippen LogP contribution in [0.1, 0.15) is 65.4 Å². The van der Waals surface area contributed by atoms with E-state index in [1.807, 2.05) is 30.3 Å². The van der Waals surface area contributed by atoms with Gasteiger partial charge in [0.1, 0.15) is 0 Å². The molecular formula is C24H37NO4. The van der Waals surface area contributed by atoms with Crippen LogP contribution in [0, 0.1) is 17.8 Å². The van der Waals surface area contributed by atoms with Crippen LogP contribution < -0.4 is 0 Å². The lowest BCUT2D eigenvalue weighted by atomic mass is 9.73. The molecule has 1 aromatic rings. The molecule has 1 unspecified atom stereocenters. The number of carbonyl (C=O) groups is 1. The fraction of sp³-hybridized carbons (Fsp3) is 0.625. The molecule has 1 aliphatic carbocycles. The number of benzene rings is 1. The molecule has 0 spiro atoms. The maximum atomic E-state index is 13.2. The van der Waals surface area contributed by atoms with Crippen molar-refractivity contribution in [3.63, 3.8) is 0 Å². The molecule has 0 bridgehead atoms. The maximum Gasteiger partial charge on any atom is 0.344 e. The normalized spacial score (nSPS) is 16.9. The minimum absolute atomic E-state index is 0. The topological polar surface area (TPSA) is 81.3 Å². The van der Waals surface area contributed by atoms with Crippen LogP contribution in [0.2, 0.25) is 0 Å². The Morgan fingerprint density at radius 3 is 2.28 bits per heavy atom. The molecule has 5 heteroatoms. The predicted molar refractivity (Wildman–Crippen MR) is 116 cm³/mol. The van der Waals surface area contributed by atoms with E-state index >= 15 is 0 Å². The molecule has 3 N–H and O–H groups in total. The summed E-state index contributed by atoms with van der Waals surface area (Å²) >= 11 is 0. The van der Waals surface area contributed by atoms with Gasteiger partial charge >= 0.3 is 5.97 Å². The fourth-order valence-electron chi connectivity index (χ4n) is 3.88. The summed E-state index contributed by atoms with van der Waals surface area (Å²) in [6.45, 7) is 10.3. The minimum atomic E-state index is -1.63. The first kappa shape index (κ1) is 25.2. The molecule has 1 fully saturated rings. The number of nitrogens with zero attached hydrogens (tertiary/aromatic N) is 1. The zero-order valence-corrected chi connectivity index (χ0v) is 18.3. The number of carbonyl (C=O) groups excluding carboxylic acids is 1. The second-order valence-corrected chi connectivity index (χ2v) is 8.13. The van der Waals surface area contributed by atoms with Crippen LogP contribution in [0.25, 0.3) is 0 Å². The van der Waals surface area contributed by atoms with Crippen LogP contribution in [-0.2, 0) is 15.1 Å². The van der Waals surface area contributed by atoms with E-state index < -0.39 is 17.2 Å². The molecule has 162 valence electrons. The third kappa shape index (κ3) is 6.57. The first-order valence-electron chi connectivity index (χ1n) is 10.6. The molecule has 0 amide bonds. The van der Waals surface area contributed by atoms with Crippen molar-refractivity contribution in [1.82, 2.24) is 4.90 Å². The van der Waals surface area contributed by atoms with Gasteiger partial charge in [0.05, 0.1) is 6.54 Å². The molecule has 0 aromatic heterocycles. The summed E-state index contributed by atoms with van der Waals surface area (Å²) in [5.74, 6) is 5.47. The SMILES string of the molecule is CCN(CC)CC#CC(C)(C)OC(=O)C(O)(c1ccccc1)C1CCCCC1.O. The average Bonchev–Trinajstić information content (AvgIpc) is 2.71. The smallest absolute Gasteiger partial charge is 0.344 e. The Bertz CT molecular complexity index is 682. The van der Waals surface area contributed by atoms with Gasteiger partial charge in [-0.3, -0.25) is 4.90 Å². The average molecular weight is 404 g/mol. The molecule has 5 nitrogen and oxygen atoms in total. The van der Waals surface area contributed by atoms with Crippen LogP contribution in [0.15, 0.2) is 30.3 Å². The van der Waals surface area contributed by atoms with Gasteiger partial charge in [0.25, 0.3) is 0 Å². The molecule has 1 saturated carbocycles. The van der Waals surface area contributed by atoms with Crippen LogP contribution in [0.3, 0.4) is 0 Å². The Balaban J connectivity index is 0.00000420. The minimum Gasteiger partial charge on any atom is -0.444 e. The summed E-state index contributed by atoms with van der Waals surface area (Å²) < 4.78 is 5.78. The summed E-state index contributed by atoms with van der Waals surface area (Å²) in [4.78, 5) is 15.4. The van der Waals surface area contributed by atoms with Crippen molar-refractivity contribution in [2.45, 2.75) is 71.0 Å². The van der Waals surface area contributed by atoms with Gasteiger partial charge in [-0.25, -0.2) is 4.79 Å². The van der Waals surface area contributed by atoms with Crippen molar-refractivity contribution in [2.75, 3.05) is 19.6 Å². The van der Waals surface area contributed by atoms with E-state index in [4.69, 9.17) is 4.74 Å². The van der Waals surface area contributed by atoms with Gasteiger partial charge in [0.2, 0.25) is 0 Å². The lowest BCUT2D eigenvalue weighted by Gasteiger charge is -2.38. The highest BCUT2D eigenvalue weighted by molar-refractivity contribution is 5.82. The number of rotatable bonds is 7. The van der Waals surface area contributed by atoms with Gasteiger partial charge in [-0.05, 0) is 45.3 Å². The molecule has 0 radical (unpaired) electrons. The first-order valence-corrected chi connectivity index (χ1v) is 10.6. The third-order valence-corrected chi connectivity index (χ3v) is 5.66. The molecule has 1 aromatic carbocycles. The highest BCUT2D eigenvalue weighted by atomic mass is 16.6. The van der Waals surface area contributed by atoms with Crippen molar-refractivity contribution in [3.05, 3.63) is 35.9 Å². The Kier molecular flexibility index (Phi) is 9.85. The quantitative estimate of drug-likeness (QED) is 0.559. The van der Waals surface area contributed by atoms with Crippen molar-refractivity contribution in [1.29, 1.82) is 0 Å². The standard InChI is InChI=1S/C24H35NO3.H2O/c1-5-25(6-2)19-13-18-23(3,4)28-22(26)24(27,20-14-9-7-10-15-20)21-16-11-8-12-17-21;/h7,9-10,14-15,21,27H,5-6,8,11-12,16-17,19H2,1-4H3;1H2. The fourth-order valence-corrected chi connectivity index (χ4v) is 3.88. The van der Waals surface area contributed by atoms with E-state index in [-0.39, 0.29) is 11.4 Å². The van der Waals surface area contributed by atoms with E-state index in [2.05, 4.69) is 30.6 Å². The highest BCUT2D eigenvalue weighted by Gasteiger charge is 2.48. The number of aliphatic hydroxyl groups is 1. The van der Waals surface area contributed by atoms with E-state index in [0.29, 0.717) is 12.1 Å². The molecule has 0 aliphatic heterocycles. The van der Waals surface area contributed by atoms with Gasteiger partial charge in [-0.1, -0.05) is 75.3 Å². The van der Waals surface area contributed by atoms with E-state index in [9.17, 15) is 9.90 Å². The largest absolute Gasteiger partial charge is 0.444 e. The Hall–Kier alpha value is -1.87. The zero-order valence-electron chi connectivity index (χ0n) is 18.3. The van der Waals surface area contributed by atoms with Gasteiger partial charge in [-0.15, -0.1) is 0 Å². The molecule has 29 heavy (non-hydrogen) atoms.